The van der Waals surface area contributed by atoms with Crippen molar-refractivity contribution in [2.24, 2.45) is 0 Å². The Hall–Kier alpha value is -3.43. The van der Waals surface area contributed by atoms with Crippen LogP contribution in [0.5, 0.6) is 0 Å². The average Bonchev–Trinajstić information content (AvgIpc) is 3.66. The number of rotatable bonds is 9. The third kappa shape index (κ3) is 6.42. The van der Waals surface area contributed by atoms with Crippen molar-refractivity contribution in [1.82, 2.24) is 25.2 Å². The highest BCUT2D eigenvalue weighted by molar-refractivity contribution is 7.13. The molecule has 5 rings (SSSR count). The molecule has 3 N–H and O–H groups in total. The Morgan fingerprint density at radius 2 is 1.92 bits per heavy atom. The fourth-order valence-electron chi connectivity index (χ4n) is 4.86. The van der Waals surface area contributed by atoms with Gasteiger partial charge in [0.15, 0.2) is 5.13 Å². The number of thiazole rings is 1. The molecule has 10 heteroatoms. The largest absolute Gasteiger partial charge is 0.359 e. The van der Waals surface area contributed by atoms with E-state index in [4.69, 9.17) is 21.6 Å². The van der Waals surface area contributed by atoms with Crippen LogP contribution in [0.1, 0.15) is 76.9 Å². The van der Waals surface area contributed by atoms with E-state index in [0.717, 1.165) is 53.4 Å². The molecule has 1 fully saturated rings. The number of aromatic amines is 1. The van der Waals surface area contributed by atoms with Gasteiger partial charge in [-0.05, 0) is 88.4 Å². The van der Waals surface area contributed by atoms with Crippen LogP contribution in [0.2, 0.25) is 5.02 Å². The molecule has 0 saturated carbocycles. The summed E-state index contributed by atoms with van der Waals surface area (Å²) in [6, 6.07) is 10.7. The summed E-state index contributed by atoms with van der Waals surface area (Å²) >= 11 is 7.77. The molecule has 0 spiro atoms. The molecule has 3 heterocycles. The van der Waals surface area contributed by atoms with E-state index < -0.39 is 0 Å². The Bertz CT molecular complexity index is 1490. The maximum absolute atomic E-state index is 13.5. The second kappa shape index (κ2) is 11.8. The lowest BCUT2D eigenvalue weighted by Crippen LogP contribution is -2.31. The molecule has 2 amide bonds. The average molecular weight is 565 g/mol. The van der Waals surface area contributed by atoms with Crippen molar-refractivity contribution >= 4 is 50.9 Å². The summed E-state index contributed by atoms with van der Waals surface area (Å²) in [5, 5.41) is 10.1. The number of imidazole rings is 1. The molecule has 1 atom stereocenters. The molecule has 2 aromatic heterocycles. The first-order valence-electron chi connectivity index (χ1n) is 13.3. The number of hydrogen-bond acceptors (Lipinski definition) is 6. The number of hydrogen-bond donors (Lipinski definition) is 3. The van der Waals surface area contributed by atoms with E-state index in [-0.39, 0.29) is 17.9 Å². The van der Waals surface area contributed by atoms with Crippen molar-refractivity contribution in [3.05, 3.63) is 75.0 Å². The van der Waals surface area contributed by atoms with E-state index >= 15 is 0 Å². The molecular weight excluding hydrogens is 532 g/mol. The quantitative estimate of drug-likeness (QED) is 0.226. The van der Waals surface area contributed by atoms with Gasteiger partial charge in [-0.2, -0.15) is 0 Å². The first-order valence-corrected chi connectivity index (χ1v) is 14.6. The van der Waals surface area contributed by atoms with Gasteiger partial charge in [0, 0.05) is 40.7 Å². The predicted octanol–water partition coefficient (Wildman–Crippen LogP) is 6.14. The maximum Gasteiger partial charge on any atom is 0.253 e. The highest BCUT2D eigenvalue weighted by Gasteiger charge is 2.23. The summed E-state index contributed by atoms with van der Waals surface area (Å²) in [6.45, 7) is 7.61. The van der Waals surface area contributed by atoms with Crippen LogP contribution in [0.4, 0.5) is 5.13 Å². The zero-order valence-electron chi connectivity index (χ0n) is 22.4. The zero-order chi connectivity index (χ0) is 27.5. The molecule has 1 aliphatic rings. The van der Waals surface area contributed by atoms with Gasteiger partial charge < -0.3 is 20.5 Å². The second-order valence-corrected chi connectivity index (χ2v) is 11.6. The monoisotopic (exact) mass is 564 g/mol. The van der Waals surface area contributed by atoms with Crippen molar-refractivity contribution < 1.29 is 9.59 Å². The van der Waals surface area contributed by atoms with Crippen LogP contribution in [0.3, 0.4) is 0 Å². The minimum atomic E-state index is -0.378. The first-order chi connectivity index (χ1) is 18.8. The molecular formula is C29H33ClN6O2S. The summed E-state index contributed by atoms with van der Waals surface area (Å²) in [4.78, 5) is 41.0. The zero-order valence-corrected chi connectivity index (χ0v) is 24.0. The number of anilines is 1. The van der Waals surface area contributed by atoms with E-state index in [1.54, 1.807) is 29.5 Å². The number of benzene rings is 2. The van der Waals surface area contributed by atoms with Crippen molar-refractivity contribution in [2.45, 2.75) is 58.5 Å². The number of carbonyl (C=O) groups is 2. The Labute approximate surface area is 237 Å². The molecule has 8 nitrogen and oxygen atoms in total. The van der Waals surface area contributed by atoms with Crippen molar-refractivity contribution in [1.29, 1.82) is 0 Å². The third-order valence-corrected chi connectivity index (χ3v) is 7.92. The lowest BCUT2D eigenvalue weighted by Gasteiger charge is -2.19. The van der Waals surface area contributed by atoms with E-state index in [0.29, 0.717) is 40.9 Å². The first kappa shape index (κ1) is 27.1. The molecule has 0 radical (unpaired) electrons. The van der Waals surface area contributed by atoms with Gasteiger partial charge in [-0.3, -0.25) is 9.59 Å². The SMILES string of the molecule is Cc1cc(C(=O)N2CCCC2)ccc1C(=O)N[C@@H](CCc1csc(NC(C)C)n1)c1nc2ccc(Cl)cc2[nH]1. The number of nitrogens with zero attached hydrogens (tertiary/aromatic N) is 3. The standard InChI is InChI=1S/C29H33ClN6O2S/c1-17(2)31-29-32-21(16-39-29)8-11-24(26-33-23-10-7-20(30)15-25(23)34-26)35-27(37)22-9-6-19(14-18(22)3)28(38)36-12-4-5-13-36/h6-7,9-10,14-17,24H,4-5,8,11-13H2,1-3H3,(H,31,32)(H,33,34)(H,35,37)/t24-/m0/s1. The lowest BCUT2D eigenvalue weighted by atomic mass is 10.0. The molecule has 0 unspecified atom stereocenters. The molecule has 2 aromatic carbocycles. The summed E-state index contributed by atoms with van der Waals surface area (Å²) in [7, 11) is 0. The van der Waals surface area contributed by atoms with E-state index in [1.165, 1.54) is 0 Å². The maximum atomic E-state index is 13.5. The van der Waals surface area contributed by atoms with Gasteiger partial charge in [-0.1, -0.05) is 11.6 Å². The Balaban J connectivity index is 1.36. The number of halogens is 1. The summed E-state index contributed by atoms with van der Waals surface area (Å²) < 4.78 is 0. The number of aryl methyl sites for hydroxylation is 2. The second-order valence-electron chi connectivity index (χ2n) is 10.3. The van der Waals surface area contributed by atoms with Gasteiger partial charge in [-0.15, -0.1) is 11.3 Å². The molecule has 0 aliphatic carbocycles. The van der Waals surface area contributed by atoms with Crippen LogP contribution in [0.15, 0.2) is 41.8 Å². The highest BCUT2D eigenvalue weighted by Crippen LogP contribution is 2.25. The number of likely N-dealkylation sites (tertiary alicyclic amines) is 1. The van der Waals surface area contributed by atoms with Gasteiger partial charge in [0.1, 0.15) is 5.82 Å². The smallest absolute Gasteiger partial charge is 0.253 e. The highest BCUT2D eigenvalue weighted by atomic mass is 35.5. The van der Waals surface area contributed by atoms with E-state index in [2.05, 4.69) is 29.5 Å². The Morgan fingerprint density at radius 3 is 2.67 bits per heavy atom. The minimum absolute atomic E-state index is 0.0240. The van der Waals surface area contributed by atoms with Crippen LogP contribution in [-0.2, 0) is 6.42 Å². The molecule has 1 aliphatic heterocycles. The summed E-state index contributed by atoms with van der Waals surface area (Å²) in [5.41, 5.74) is 4.47. The topological polar surface area (TPSA) is 103 Å². The lowest BCUT2D eigenvalue weighted by molar-refractivity contribution is 0.0791. The van der Waals surface area contributed by atoms with Crippen molar-refractivity contribution in [2.75, 3.05) is 18.4 Å². The Morgan fingerprint density at radius 1 is 1.13 bits per heavy atom. The molecule has 39 heavy (non-hydrogen) atoms. The van der Waals surface area contributed by atoms with Crippen LogP contribution in [-0.4, -0.2) is 50.8 Å². The number of amides is 2. The van der Waals surface area contributed by atoms with Crippen molar-refractivity contribution in [3.8, 4) is 0 Å². The number of H-pyrrole nitrogens is 1. The summed E-state index contributed by atoms with van der Waals surface area (Å²) in [5.74, 6) is 0.474. The van der Waals surface area contributed by atoms with Crippen molar-refractivity contribution in [3.63, 3.8) is 0 Å². The number of fused-ring (bicyclic) bond motifs is 1. The van der Waals surface area contributed by atoms with Crippen LogP contribution < -0.4 is 10.6 Å². The van der Waals surface area contributed by atoms with Gasteiger partial charge >= 0.3 is 0 Å². The fraction of sp³-hybridized carbons (Fsp3) is 0.379. The predicted molar refractivity (Wildman–Crippen MR) is 157 cm³/mol. The molecule has 4 aromatic rings. The van der Waals surface area contributed by atoms with Crippen LogP contribution in [0.25, 0.3) is 11.0 Å². The fourth-order valence-corrected chi connectivity index (χ4v) is 5.93. The number of nitrogens with one attached hydrogen (secondary N) is 3. The Kier molecular flexibility index (Phi) is 8.18. The van der Waals surface area contributed by atoms with Gasteiger partial charge in [0.05, 0.1) is 22.8 Å². The minimum Gasteiger partial charge on any atom is -0.359 e. The number of aromatic nitrogens is 3. The number of carbonyl (C=O) groups excluding carboxylic acids is 2. The van der Waals surface area contributed by atoms with Gasteiger partial charge in [-0.25, -0.2) is 9.97 Å². The van der Waals surface area contributed by atoms with Gasteiger partial charge in [0.2, 0.25) is 0 Å². The third-order valence-electron chi connectivity index (χ3n) is 6.86. The molecule has 0 bridgehead atoms. The van der Waals surface area contributed by atoms with E-state index in [1.807, 2.05) is 35.4 Å². The van der Waals surface area contributed by atoms with Crippen LogP contribution in [0, 0.1) is 6.92 Å². The van der Waals surface area contributed by atoms with E-state index in [9.17, 15) is 9.59 Å². The molecule has 204 valence electrons. The van der Waals surface area contributed by atoms with Gasteiger partial charge in [0.25, 0.3) is 11.8 Å². The van der Waals surface area contributed by atoms with Crippen LogP contribution >= 0.6 is 22.9 Å². The normalized spacial score (nSPS) is 14.2. The summed E-state index contributed by atoms with van der Waals surface area (Å²) in [6.07, 6.45) is 3.35. The molecule has 1 saturated heterocycles.